The second-order valence-corrected chi connectivity index (χ2v) is 5.02. The average molecular weight is 249 g/mol. The van der Waals surface area contributed by atoms with Crippen molar-refractivity contribution < 1.29 is 19.1 Å². The average Bonchev–Trinajstić information content (AvgIpc) is 2.58. The molecule has 0 unspecified atom stereocenters. The van der Waals surface area contributed by atoms with Crippen LogP contribution < -0.4 is 10.1 Å². The van der Waals surface area contributed by atoms with E-state index in [1.54, 1.807) is 39.0 Å². The van der Waals surface area contributed by atoms with Crippen LogP contribution in [0.3, 0.4) is 0 Å². The predicted molar refractivity (Wildman–Crippen MR) is 66.1 cm³/mol. The number of Topliss-reactive ketones (excluding diaryl/α,β-unsaturated/α-hetero) is 1. The first-order valence-corrected chi connectivity index (χ1v) is 5.66. The van der Waals surface area contributed by atoms with Crippen molar-refractivity contribution in [2.24, 2.45) is 0 Å². The van der Waals surface area contributed by atoms with Crippen molar-refractivity contribution >= 4 is 17.6 Å². The summed E-state index contributed by atoms with van der Waals surface area (Å²) in [5, 5.41) is 2.57. The Morgan fingerprint density at radius 2 is 2.11 bits per heavy atom. The molecule has 0 saturated heterocycles. The number of rotatable bonds is 1. The van der Waals surface area contributed by atoms with Crippen molar-refractivity contribution in [1.82, 2.24) is 0 Å². The smallest absolute Gasteiger partial charge is 0.412 e. The molecule has 1 N–H and O–H groups in total. The van der Waals surface area contributed by atoms with Gasteiger partial charge in [-0.2, -0.15) is 0 Å². The minimum Gasteiger partial charge on any atom is -0.485 e. The highest BCUT2D eigenvalue weighted by Crippen LogP contribution is 2.31. The van der Waals surface area contributed by atoms with E-state index in [0.29, 0.717) is 17.0 Å². The lowest BCUT2D eigenvalue weighted by molar-refractivity contribution is 0.0636. The lowest BCUT2D eigenvalue weighted by Gasteiger charge is -2.20. The predicted octanol–water partition coefficient (Wildman–Crippen LogP) is 2.61. The van der Waals surface area contributed by atoms with E-state index >= 15 is 0 Å². The summed E-state index contributed by atoms with van der Waals surface area (Å²) in [7, 11) is 0. The Balaban J connectivity index is 2.19. The van der Waals surface area contributed by atoms with Crippen molar-refractivity contribution in [2.75, 3.05) is 11.9 Å². The summed E-state index contributed by atoms with van der Waals surface area (Å²) in [6.45, 7) is 5.34. The van der Waals surface area contributed by atoms with Crippen LogP contribution >= 0.6 is 0 Å². The van der Waals surface area contributed by atoms with Gasteiger partial charge in [-0.3, -0.25) is 10.1 Å². The highest BCUT2D eigenvalue weighted by atomic mass is 16.6. The summed E-state index contributed by atoms with van der Waals surface area (Å²) < 4.78 is 10.3. The largest absolute Gasteiger partial charge is 0.485 e. The molecule has 5 nitrogen and oxygen atoms in total. The maximum Gasteiger partial charge on any atom is 0.412 e. The number of ether oxygens (including phenoxy) is 2. The Labute approximate surface area is 105 Å². The first-order valence-electron chi connectivity index (χ1n) is 5.66. The van der Waals surface area contributed by atoms with Gasteiger partial charge in [0.15, 0.2) is 6.61 Å². The third-order valence-corrected chi connectivity index (χ3v) is 2.30. The number of carbonyl (C=O) groups is 2. The van der Waals surface area contributed by atoms with Gasteiger partial charge in [0, 0.05) is 0 Å². The third-order valence-electron chi connectivity index (χ3n) is 2.30. The van der Waals surface area contributed by atoms with Gasteiger partial charge in [-0.05, 0) is 32.9 Å². The van der Waals surface area contributed by atoms with Crippen LogP contribution in [0.4, 0.5) is 10.5 Å². The number of nitrogens with one attached hydrogen (secondary N) is 1. The van der Waals surface area contributed by atoms with Crippen LogP contribution in [0.5, 0.6) is 5.75 Å². The number of amides is 1. The fourth-order valence-corrected chi connectivity index (χ4v) is 1.67. The molecule has 0 aromatic heterocycles. The molecule has 1 aromatic carbocycles. The molecule has 1 amide bonds. The molecule has 0 fully saturated rings. The summed E-state index contributed by atoms with van der Waals surface area (Å²) in [5.74, 6) is 0.352. The summed E-state index contributed by atoms with van der Waals surface area (Å²) >= 11 is 0. The number of carbonyl (C=O) groups excluding carboxylic acids is 2. The summed E-state index contributed by atoms with van der Waals surface area (Å²) in [5.41, 5.74) is 0.246. The van der Waals surface area contributed by atoms with Gasteiger partial charge in [0.2, 0.25) is 5.78 Å². The molecule has 0 spiro atoms. The highest BCUT2D eigenvalue weighted by molar-refractivity contribution is 6.08. The van der Waals surface area contributed by atoms with E-state index in [4.69, 9.17) is 9.47 Å². The van der Waals surface area contributed by atoms with E-state index < -0.39 is 11.7 Å². The summed E-state index contributed by atoms with van der Waals surface area (Å²) in [6.07, 6.45) is -0.587. The zero-order valence-electron chi connectivity index (χ0n) is 10.6. The SMILES string of the molecule is CC(C)(C)OC(=O)Nc1cccc2c1C(=O)CO2. The number of anilines is 1. The number of ketones is 1. The summed E-state index contributed by atoms with van der Waals surface area (Å²) in [6, 6.07) is 5.06. The van der Waals surface area contributed by atoms with Gasteiger partial charge in [0.25, 0.3) is 0 Å². The number of hydrogen-bond acceptors (Lipinski definition) is 4. The molecule has 1 heterocycles. The molecule has 1 aliphatic rings. The maximum atomic E-state index is 11.6. The molecule has 1 aromatic rings. The van der Waals surface area contributed by atoms with Gasteiger partial charge in [0.05, 0.1) is 11.3 Å². The molecular formula is C13H15NO4. The first-order chi connectivity index (χ1) is 8.37. The molecule has 0 aliphatic carbocycles. The Bertz CT molecular complexity index is 502. The van der Waals surface area contributed by atoms with E-state index in [2.05, 4.69) is 5.32 Å². The maximum absolute atomic E-state index is 11.6. The van der Waals surface area contributed by atoms with E-state index in [1.165, 1.54) is 0 Å². The molecular weight excluding hydrogens is 234 g/mol. The zero-order chi connectivity index (χ0) is 13.3. The van der Waals surface area contributed by atoms with Crippen LogP contribution in [0.1, 0.15) is 31.1 Å². The van der Waals surface area contributed by atoms with Gasteiger partial charge in [0.1, 0.15) is 11.4 Å². The van der Waals surface area contributed by atoms with E-state index in [1.807, 2.05) is 0 Å². The van der Waals surface area contributed by atoms with Crippen molar-refractivity contribution in [3.8, 4) is 5.75 Å². The second kappa shape index (κ2) is 4.33. The van der Waals surface area contributed by atoms with E-state index in [-0.39, 0.29) is 12.4 Å². The summed E-state index contributed by atoms with van der Waals surface area (Å²) in [4.78, 5) is 23.3. The van der Waals surface area contributed by atoms with Gasteiger partial charge >= 0.3 is 6.09 Å². The molecule has 1 aliphatic heterocycles. The van der Waals surface area contributed by atoms with Crippen LogP contribution in [0.15, 0.2) is 18.2 Å². The van der Waals surface area contributed by atoms with E-state index in [9.17, 15) is 9.59 Å². The topological polar surface area (TPSA) is 64.6 Å². The minimum atomic E-state index is -0.587. The normalized spacial score (nSPS) is 13.8. The lowest BCUT2D eigenvalue weighted by atomic mass is 10.1. The van der Waals surface area contributed by atoms with Gasteiger partial charge in [-0.15, -0.1) is 0 Å². The third kappa shape index (κ3) is 2.61. The molecule has 0 saturated carbocycles. The van der Waals surface area contributed by atoms with Gasteiger partial charge in [-0.1, -0.05) is 6.07 Å². The fraction of sp³-hybridized carbons (Fsp3) is 0.385. The number of hydrogen-bond donors (Lipinski definition) is 1. The fourth-order valence-electron chi connectivity index (χ4n) is 1.67. The van der Waals surface area contributed by atoms with Gasteiger partial charge in [-0.25, -0.2) is 4.79 Å². The van der Waals surface area contributed by atoms with Crippen molar-refractivity contribution in [2.45, 2.75) is 26.4 Å². The Hall–Kier alpha value is -2.04. The molecule has 0 atom stereocenters. The van der Waals surface area contributed by atoms with Crippen LogP contribution in [-0.2, 0) is 4.74 Å². The number of benzene rings is 1. The quantitative estimate of drug-likeness (QED) is 0.830. The molecule has 5 heteroatoms. The first kappa shape index (κ1) is 12.4. The highest BCUT2D eigenvalue weighted by Gasteiger charge is 2.26. The van der Waals surface area contributed by atoms with Crippen LogP contribution in [0, 0.1) is 0 Å². The van der Waals surface area contributed by atoms with Crippen molar-refractivity contribution in [3.05, 3.63) is 23.8 Å². The Morgan fingerprint density at radius 3 is 2.78 bits per heavy atom. The van der Waals surface area contributed by atoms with E-state index in [0.717, 1.165) is 0 Å². The second-order valence-electron chi connectivity index (χ2n) is 5.02. The standard InChI is InChI=1S/C13H15NO4/c1-13(2,3)18-12(16)14-8-5-4-6-10-11(8)9(15)7-17-10/h4-6H,7H2,1-3H3,(H,14,16). The van der Waals surface area contributed by atoms with Crippen molar-refractivity contribution in [3.63, 3.8) is 0 Å². The Morgan fingerprint density at radius 1 is 1.39 bits per heavy atom. The molecule has 0 radical (unpaired) electrons. The molecule has 2 rings (SSSR count). The lowest BCUT2D eigenvalue weighted by Crippen LogP contribution is -2.27. The Kier molecular flexibility index (Phi) is 2.98. The molecule has 96 valence electrons. The van der Waals surface area contributed by atoms with Crippen LogP contribution in [0.2, 0.25) is 0 Å². The molecule has 0 bridgehead atoms. The van der Waals surface area contributed by atoms with Crippen molar-refractivity contribution in [1.29, 1.82) is 0 Å². The monoisotopic (exact) mass is 249 g/mol. The van der Waals surface area contributed by atoms with Crippen LogP contribution in [0.25, 0.3) is 0 Å². The van der Waals surface area contributed by atoms with Gasteiger partial charge < -0.3 is 9.47 Å². The molecule has 18 heavy (non-hydrogen) atoms. The zero-order valence-corrected chi connectivity index (χ0v) is 10.6. The number of fused-ring (bicyclic) bond motifs is 1. The minimum absolute atomic E-state index is 0.0162. The van der Waals surface area contributed by atoms with Crippen LogP contribution in [-0.4, -0.2) is 24.1 Å².